The molecule has 0 nitrogen and oxygen atoms in total. The van der Waals surface area contributed by atoms with Crippen molar-refractivity contribution in [2.24, 2.45) is 0 Å². The molecule has 0 amide bonds. The van der Waals surface area contributed by atoms with Crippen LogP contribution in [0.2, 0.25) is 5.04 Å². The second-order valence-electron chi connectivity index (χ2n) is 3.89. The standard InChI is InChI=1S/C10H13BrSi/c1-10(2,3)12-9-6-4-5-8(11)7-9/h4-7H,1-3H3. The van der Waals surface area contributed by atoms with Crippen LogP contribution in [0.1, 0.15) is 20.8 Å². The first-order valence-electron chi connectivity index (χ1n) is 4.01. The third-order valence-corrected chi connectivity index (χ3v) is 3.19. The van der Waals surface area contributed by atoms with Gasteiger partial charge in [0.2, 0.25) is 0 Å². The lowest BCUT2D eigenvalue weighted by Crippen LogP contribution is -2.22. The van der Waals surface area contributed by atoms with Crippen molar-refractivity contribution in [3.05, 3.63) is 28.7 Å². The highest BCUT2D eigenvalue weighted by Gasteiger charge is 2.12. The molecule has 2 radical (unpaired) electrons. The average Bonchev–Trinajstić information content (AvgIpc) is 1.82. The van der Waals surface area contributed by atoms with Crippen LogP contribution in [0.5, 0.6) is 0 Å². The van der Waals surface area contributed by atoms with Crippen molar-refractivity contribution in [3.63, 3.8) is 0 Å². The molecule has 0 unspecified atom stereocenters. The van der Waals surface area contributed by atoms with E-state index in [1.165, 1.54) is 9.66 Å². The van der Waals surface area contributed by atoms with E-state index in [0.717, 1.165) is 9.52 Å². The second-order valence-corrected chi connectivity index (χ2v) is 7.13. The van der Waals surface area contributed by atoms with Crippen molar-refractivity contribution < 1.29 is 0 Å². The van der Waals surface area contributed by atoms with Crippen LogP contribution >= 0.6 is 15.9 Å². The van der Waals surface area contributed by atoms with Gasteiger partial charge < -0.3 is 0 Å². The van der Waals surface area contributed by atoms with Crippen molar-refractivity contribution >= 4 is 30.6 Å². The molecule has 0 N–H and O–H groups in total. The smallest absolute Gasteiger partial charge is 0.0634 e. The van der Waals surface area contributed by atoms with E-state index >= 15 is 0 Å². The SMILES string of the molecule is CC(C)(C)[Si]c1cccc(Br)c1. The second kappa shape index (κ2) is 3.75. The van der Waals surface area contributed by atoms with Crippen molar-refractivity contribution in [3.8, 4) is 0 Å². The van der Waals surface area contributed by atoms with Gasteiger partial charge in [-0.1, -0.05) is 54.0 Å². The zero-order valence-corrected chi connectivity index (χ0v) is 10.3. The number of hydrogen-bond acceptors (Lipinski definition) is 0. The first-order valence-corrected chi connectivity index (χ1v) is 5.80. The Bertz CT molecular complexity index is 263. The molecule has 0 aliphatic carbocycles. The molecular formula is C10H13BrSi. The highest BCUT2D eigenvalue weighted by molar-refractivity contribution is 9.10. The van der Waals surface area contributed by atoms with Gasteiger partial charge in [0.15, 0.2) is 0 Å². The zero-order valence-electron chi connectivity index (χ0n) is 7.69. The summed E-state index contributed by atoms with van der Waals surface area (Å²) >= 11 is 3.47. The lowest BCUT2D eigenvalue weighted by molar-refractivity contribution is 0.759. The lowest BCUT2D eigenvalue weighted by atomic mass is 10.2. The molecule has 0 aliphatic rings. The van der Waals surface area contributed by atoms with Gasteiger partial charge in [0, 0.05) is 4.47 Å². The molecule has 0 aromatic heterocycles. The highest BCUT2D eigenvalue weighted by Crippen LogP contribution is 2.19. The fraction of sp³-hybridized carbons (Fsp3) is 0.400. The predicted octanol–water partition coefficient (Wildman–Crippen LogP) is 3.00. The summed E-state index contributed by atoms with van der Waals surface area (Å²) in [6, 6.07) is 8.55. The molecule has 0 bridgehead atoms. The summed E-state index contributed by atoms with van der Waals surface area (Å²) < 4.78 is 1.18. The Morgan fingerprint density at radius 2 is 1.92 bits per heavy atom. The topological polar surface area (TPSA) is 0 Å². The van der Waals surface area contributed by atoms with Gasteiger partial charge in [-0.15, -0.1) is 0 Å². The Morgan fingerprint density at radius 3 is 2.42 bits per heavy atom. The molecule has 0 heterocycles. The number of benzene rings is 1. The Kier molecular flexibility index (Phi) is 3.13. The third-order valence-electron chi connectivity index (χ3n) is 1.34. The molecule has 0 atom stereocenters. The predicted molar refractivity (Wildman–Crippen MR) is 59.2 cm³/mol. The molecule has 1 aromatic carbocycles. The molecule has 0 fully saturated rings. The molecule has 0 aliphatic heterocycles. The lowest BCUT2D eigenvalue weighted by Gasteiger charge is -2.16. The monoisotopic (exact) mass is 240 g/mol. The van der Waals surface area contributed by atoms with Crippen LogP contribution in [0.15, 0.2) is 28.7 Å². The van der Waals surface area contributed by atoms with Gasteiger partial charge in [-0.3, -0.25) is 0 Å². The molecule has 1 rings (SSSR count). The molecule has 0 saturated heterocycles. The van der Waals surface area contributed by atoms with Gasteiger partial charge in [-0.2, -0.15) is 0 Å². The molecule has 1 aromatic rings. The maximum Gasteiger partial charge on any atom is 0.0869 e. The zero-order chi connectivity index (χ0) is 9.19. The minimum Gasteiger partial charge on any atom is -0.0634 e. The molecule has 12 heavy (non-hydrogen) atoms. The van der Waals surface area contributed by atoms with Crippen LogP contribution in [0, 0.1) is 0 Å². The van der Waals surface area contributed by atoms with E-state index in [1.54, 1.807) is 0 Å². The summed E-state index contributed by atoms with van der Waals surface area (Å²) in [7, 11) is 0.880. The van der Waals surface area contributed by atoms with Gasteiger partial charge in [0.1, 0.15) is 0 Å². The van der Waals surface area contributed by atoms with Gasteiger partial charge in [-0.25, -0.2) is 0 Å². The maximum absolute atomic E-state index is 3.47. The normalized spacial score (nSPS) is 11.7. The maximum atomic E-state index is 3.47. The van der Waals surface area contributed by atoms with Crippen LogP contribution in [0.3, 0.4) is 0 Å². The summed E-state index contributed by atoms with van der Waals surface area (Å²) in [5, 5.41) is 1.83. The van der Waals surface area contributed by atoms with E-state index in [-0.39, 0.29) is 0 Å². The van der Waals surface area contributed by atoms with Crippen molar-refractivity contribution in [2.45, 2.75) is 25.8 Å². The van der Waals surface area contributed by atoms with E-state index in [1.807, 2.05) is 0 Å². The van der Waals surface area contributed by atoms with Gasteiger partial charge in [-0.05, 0) is 17.2 Å². The molecule has 0 spiro atoms. The van der Waals surface area contributed by atoms with E-state index in [4.69, 9.17) is 0 Å². The van der Waals surface area contributed by atoms with Crippen LogP contribution < -0.4 is 5.19 Å². The van der Waals surface area contributed by atoms with Crippen molar-refractivity contribution in [1.82, 2.24) is 0 Å². The number of hydrogen-bond donors (Lipinski definition) is 0. The minimum atomic E-state index is 0.404. The van der Waals surface area contributed by atoms with Crippen LogP contribution in [-0.2, 0) is 0 Å². The minimum absolute atomic E-state index is 0.404. The van der Waals surface area contributed by atoms with Crippen LogP contribution in [-0.4, -0.2) is 9.52 Å². The summed E-state index contributed by atoms with van der Waals surface area (Å²) in [4.78, 5) is 0. The number of rotatable bonds is 1. The summed E-state index contributed by atoms with van der Waals surface area (Å²) in [6.45, 7) is 6.81. The molecule has 64 valence electrons. The number of halogens is 1. The van der Waals surface area contributed by atoms with E-state index in [2.05, 4.69) is 61.0 Å². The summed E-state index contributed by atoms with van der Waals surface area (Å²) in [6.07, 6.45) is 0. The van der Waals surface area contributed by atoms with Gasteiger partial charge in [0.05, 0.1) is 9.52 Å². The highest BCUT2D eigenvalue weighted by atomic mass is 79.9. The summed E-state index contributed by atoms with van der Waals surface area (Å²) in [5.74, 6) is 0. The first-order chi connectivity index (χ1) is 5.47. The average molecular weight is 241 g/mol. The molecule has 2 heteroatoms. The Balaban J connectivity index is 2.77. The molecular weight excluding hydrogens is 228 g/mol. The van der Waals surface area contributed by atoms with E-state index < -0.39 is 0 Å². The fourth-order valence-corrected chi connectivity index (χ4v) is 2.88. The fourth-order valence-electron chi connectivity index (χ4n) is 0.999. The van der Waals surface area contributed by atoms with Gasteiger partial charge >= 0.3 is 0 Å². The molecule has 0 saturated carbocycles. The Morgan fingerprint density at radius 1 is 1.25 bits per heavy atom. The van der Waals surface area contributed by atoms with Crippen LogP contribution in [0.4, 0.5) is 0 Å². The third kappa shape index (κ3) is 3.54. The Hall–Kier alpha value is -0.0831. The van der Waals surface area contributed by atoms with Crippen molar-refractivity contribution in [1.29, 1.82) is 0 Å². The first kappa shape index (κ1) is 10.0. The van der Waals surface area contributed by atoms with Crippen LogP contribution in [0.25, 0.3) is 0 Å². The quantitative estimate of drug-likeness (QED) is 0.663. The largest absolute Gasteiger partial charge is 0.0869 e. The summed E-state index contributed by atoms with van der Waals surface area (Å²) in [5.41, 5.74) is 0. The van der Waals surface area contributed by atoms with Crippen molar-refractivity contribution in [2.75, 3.05) is 0 Å². The Labute approximate surface area is 85.3 Å². The van der Waals surface area contributed by atoms with E-state index in [0.29, 0.717) is 5.04 Å². The van der Waals surface area contributed by atoms with Gasteiger partial charge in [0.25, 0.3) is 0 Å². The van der Waals surface area contributed by atoms with E-state index in [9.17, 15) is 0 Å².